The normalized spacial score (nSPS) is 11.7. The molecule has 0 aliphatic carbocycles. The summed E-state index contributed by atoms with van der Waals surface area (Å²) in [7, 11) is -0.415. The first-order valence-electron chi connectivity index (χ1n) is 13.9. The minimum Gasteiger partial charge on any atom is -1.00 e. The topological polar surface area (TPSA) is 0 Å². The zero-order chi connectivity index (χ0) is 27.4. The third-order valence-corrected chi connectivity index (χ3v) is 9.56. The fourth-order valence-electron chi connectivity index (χ4n) is 5.79. The molecule has 41 heavy (non-hydrogen) atoms. The van der Waals surface area contributed by atoms with E-state index in [-0.39, 0.29) is 61.8 Å². The van der Waals surface area contributed by atoms with Crippen LogP contribution in [0.15, 0.2) is 84.9 Å². The summed E-state index contributed by atoms with van der Waals surface area (Å²) in [5.41, 5.74) is 4.68. The molecule has 6 aromatic carbocycles. The maximum absolute atomic E-state index is 2.38. The number of aryl methyl sites for hydroxylation is 1. The molecule has 0 aromatic heterocycles. The number of hydrogen-bond donors (Lipinski definition) is 0. The van der Waals surface area contributed by atoms with Crippen LogP contribution in [0.25, 0.3) is 43.1 Å². The molecular weight excluding hydrogens is 635 g/mol. The van der Waals surface area contributed by atoms with Crippen LogP contribution in [0.4, 0.5) is 0 Å². The SMILES string of the molecule is CC(C)(C)c1ccc2c(c1)[cH-]c1cc(C(C)(C)C)ccc12.Cc1[cH-]c2ccc3ccccc3c2c1[Si](C)C.[Cl-].[Cl-].[Zr+4]. The van der Waals surface area contributed by atoms with Crippen LogP contribution in [-0.2, 0) is 37.0 Å². The predicted molar refractivity (Wildman–Crippen MR) is 173 cm³/mol. The second-order valence-electron chi connectivity index (χ2n) is 13.2. The third-order valence-electron chi connectivity index (χ3n) is 7.91. The van der Waals surface area contributed by atoms with Gasteiger partial charge in [-0.25, -0.2) is 0 Å². The largest absolute Gasteiger partial charge is 4.00 e. The zero-order valence-electron chi connectivity index (χ0n) is 25.8. The standard InChI is InChI=1S/C21H25.C16H16Si.2ClH.Zr/c1-20(2,3)16-7-9-18-14(12-16)11-15-13-17(21(4,5)6)8-10-19(15)18;1-11-10-13-9-8-12-6-4-5-7-14(12)15(13)16(11)17(2)3;;;/h7-13H,1-6H3;4-10H,1-3H3;2*1H;/q2*-1;;;+4/p-2. The molecule has 0 unspecified atom stereocenters. The predicted octanol–water partition coefficient (Wildman–Crippen LogP) is 4.29. The Labute approximate surface area is 280 Å². The molecule has 0 N–H and O–H groups in total. The van der Waals surface area contributed by atoms with Gasteiger partial charge >= 0.3 is 26.2 Å². The summed E-state index contributed by atoms with van der Waals surface area (Å²) in [6, 6.07) is 31.7. The van der Waals surface area contributed by atoms with Crippen LogP contribution in [0, 0.1) is 6.92 Å². The van der Waals surface area contributed by atoms with Crippen molar-refractivity contribution in [2.75, 3.05) is 0 Å². The second-order valence-corrected chi connectivity index (χ2v) is 15.7. The summed E-state index contributed by atoms with van der Waals surface area (Å²) in [5, 5.41) is 12.8. The van der Waals surface area contributed by atoms with Gasteiger partial charge < -0.3 is 24.8 Å². The van der Waals surface area contributed by atoms with Crippen LogP contribution in [-0.4, -0.2) is 8.80 Å². The van der Waals surface area contributed by atoms with E-state index in [1.54, 1.807) is 5.19 Å². The fourth-order valence-corrected chi connectivity index (χ4v) is 7.43. The van der Waals surface area contributed by atoms with Crippen molar-refractivity contribution >= 4 is 57.1 Å². The molecule has 0 spiro atoms. The Morgan fingerprint density at radius 1 is 0.585 bits per heavy atom. The van der Waals surface area contributed by atoms with Crippen molar-refractivity contribution in [2.24, 2.45) is 0 Å². The molecule has 0 nitrogen and oxygen atoms in total. The molecule has 0 fully saturated rings. The van der Waals surface area contributed by atoms with Crippen LogP contribution < -0.4 is 30.0 Å². The van der Waals surface area contributed by atoms with E-state index in [1.165, 1.54) is 59.8 Å². The van der Waals surface area contributed by atoms with Crippen LogP contribution >= 0.6 is 0 Å². The molecule has 0 aliphatic heterocycles. The molecule has 0 aliphatic rings. The average Bonchev–Trinajstić information content (AvgIpc) is 3.39. The van der Waals surface area contributed by atoms with Gasteiger partial charge in [-0.05, 0) is 16.2 Å². The Bertz CT molecular complexity index is 1710. The van der Waals surface area contributed by atoms with Crippen molar-refractivity contribution in [1.82, 2.24) is 0 Å². The van der Waals surface area contributed by atoms with Gasteiger partial charge in [0.15, 0.2) is 0 Å². The second kappa shape index (κ2) is 13.3. The molecule has 0 amide bonds. The first-order chi connectivity index (χ1) is 17.8. The number of hydrogen-bond acceptors (Lipinski definition) is 0. The Morgan fingerprint density at radius 3 is 1.59 bits per heavy atom. The molecule has 4 heteroatoms. The number of halogens is 2. The van der Waals surface area contributed by atoms with Crippen LogP contribution in [0.2, 0.25) is 13.1 Å². The molecule has 0 atom stereocenters. The van der Waals surface area contributed by atoms with E-state index in [0.717, 1.165) is 0 Å². The first kappa shape index (κ1) is 35.5. The maximum atomic E-state index is 2.38. The van der Waals surface area contributed by atoms with Gasteiger partial charge in [0.25, 0.3) is 0 Å². The van der Waals surface area contributed by atoms with E-state index in [2.05, 4.69) is 146 Å². The van der Waals surface area contributed by atoms with Gasteiger partial charge in [-0.2, -0.15) is 5.19 Å². The summed E-state index contributed by atoms with van der Waals surface area (Å²) in [4.78, 5) is 0. The Kier molecular flexibility index (Phi) is 11.5. The zero-order valence-corrected chi connectivity index (χ0v) is 30.8. The Morgan fingerprint density at radius 2 is 1.10 bits per heavy atom. The summed E-state index contributed by atoms with van der Waals surface area (Å²) in [6.45, 7) is 20.7. The number of fused-ring (bicyclic) bond motifs is 6. The van der Waals surface area contributed by atoms with E-state index in [0.29, 0.717) is 0 Å². The van der Waals surface area contributed by atoms with Crippen molar-refractivity contribution in [1.29, 1.82) is 0 Å². The van der Waals surface area contributed by atoms with Crippen molar-refractivity contribution in [3.8, 4) is 0 Å². The summed E-state index contributed by atoms with van der Waals surface area (Å²) >= 11 is 0. The van der Waals surface area contributed by atoms with Crippen LogP contribution in [0.3, 0.4) is 0 Å². The molecule has 0 saturated heterocycles. The molecule has 6 aromatic rings. The van der Waals surface area contributed by atoms with Gasteiger partial charge in [-0.1, -0.05) is 133 Å². The van der Waals surface area contributed by atoms with Crippen molar-refractivity contribution in [3.63, 3.8) is 0 Å². The van der Waals surface area contributed by atoms with Crippen molar-refractivity contribution in [3.05, 3.63) is 102 Å². The van der Waals surface area contributed by atoms with E-state index >= 15 is 0 Å². The van der Waals surface area contributed by atoms with E-state index in [9.17, 15) is 0 Å². The molecule has 211 valence electrons. The molecule has 0 heterocycles. The molecule has 0 bridgehead atoms. The van der Waals surface area contributed by atoms with Gasteiger partial charge in [-0.3, -0.25) is 0 Å². The Hall–Kier alpha value is -1.70. The maximum Gasteiger partial charge on any atom is 4.00 e. The number of rotatable bonds is 1. The summed E-state index contributed by atoms with van der Waals surface area (Å²) < 4.78 is 0. The van der Waals surface area contributed by atoms with Crippen LogP contribution in [0.5, 0.6) is 0 Å². The summed E-state index contributed by atoms with van der Waals surface area (Å²) in [5.74, 6) is 0. The van der Waals surface area contributed by atoms with Gasteiger partial charge in [-0.15, -0.1) is 68.2 Å². The molecule has 0 saturated carbocycles. The molecular formula is C37H41Cl2SiZr. The monoisotopic (exact) mass is 673 g/mol. The third kappa shape index (κ3) is 7.10. The quantitative estimate of drug-likeness (QED) is 0.180. The fraction of sp³-hybridized carbons (Fsp3) is 0.297. The van der Waals surface area contributed by atoms with Gasteiger partial charge in [0.2, 0.25) is 0 Å². The van der Waals surface area contributed by atoms with Gasteiger partial charge in [0.05, 0.1) is 0 Å². The van der Waals surface area contributed by atoms with Crippen LogP contribution in [0.1, 0.15) is 58.2 Å². The Balaban J connectivity index is 0.000000272. The average molecular weight is 676 g/mol. The smallest absolute Gasteiger partial charge is 1.00 e. The molecule has 1 radical (unpaired) electrons. The van der Waals surface area contributed by atoms with E-state index < -0.39 is 8.80 Å². The van der Waals surface area contributed by atoms with Crippen molar-refractivity contribution in [2.45, 2.75) is 72.4 Å². The van der Waals surface area contributed by atoms with Gasteiger partial charge in [0, 0.05) is 8.80 Å². The van der Waals surface area contributed by atoms with E-state index in [4.69, 9.17) is 0 Å². The minimum absolute atomic E-state index is 0. The minimum atomic E-state index is -0.415. The van der Waals surface area contributed by atoms with Gasteiger partial charge in [0.1, 0.15) is 0 Å². The van der Waals surface area contributed by atoms with E-state index in [1.807, 2.05) is 0 Å². The number of benzene rings is 4. The van der Waals surface area contributed by atoms with Crippen molar-refractivity contribution < 1.29 is 51.0 Å². The summed E-state index contributed by atoms with van der Waals surface area (Å²) in [6.07, 6.45) is 0. The molecule has 6 rings (SSSR count). The first-order valence-corrected chi connectivity index (χ1v) is 16.4.